The van der Waals surface area contributed by atoms with Crippen LogP contribution in [-0.2, 0) is 0 Å². The van der Waals surface area contributed by atoms with Crippen LogP contribution in [-0.4, -0.2) is 47.9 Å². The molecular weight excluding hydrogens is 401 g/mol. The van der Waals surface area contributed by atoms with Gasteiger partial charge >= 0.3 is 5.69 Å². The van der Waals surface area contributed by atoms with Crippen molar-refractivity contribution in [2.75, 3.05) is 41.8 Å². The molecule has 0 spiro atoms. The van der Waals surface area contributed by atoms with E-state index in [1.807, 2.05) is 41.1 Å². The molecule has 0 radical (unpaired) electrons. The molecule has 2 aromatic heterocycles. The number of piperazine rings is 1. The molecule has 3 heterocycles. The molecule has 1 aliphatic heterocycles. The molecule has 0 aliphatic carbocycles. The highest BCUT2D eigenvalue weighted by Gasteiger charge is 2.20. The molecular formula is C21H22FN7O2. The van der Waals surface area contributed by atoms with Crippen LogP contribution < -0.4 is 20.4 Å². The maximum atomic E-state index is 13.6. The molecule has 160 valence electrons. The molecule has 31 heavy (non-hydrogen) atoms. The molecule has 3 aromatic rings. The number of rotatable bonds is 6. The van der Waals surface area contributed by atoms with E-state index in [9.17, 15) is 14.5 Å². The number of hydrogen-bond donors (Lipinski definition) is 2. The van der Waals surface area contributed by atoms with Crippen LogP contribution in [0.15, 0.2) is 60.9 Å². The Kier molecular flexibility index (Phi) is 5.89. The maximum absolute atomic E-state index is 13.6. The van der Waals surface area contributed by atoms with Gasteiger partial charge in [0.2, 0.25) is 5.82 Å². The van der Waals surface area contributed by atoms with Crippen LogP contribution in [0.4, 0.5) is 38.8 Å². The number of pyridine rings is 2. The SMILES string of the molecule is CN(c1ccncc1)c1ccc([N+](=O)[O-])c(Nc2ccc(N3CCNC(F)C3)cc2)n1. The van der Waals surface area contributed by atoms with Gasteiger partial charge in [-0.15, -0.1) is 0 Å². The highest BCUT2D eigenvalue weighted by Crippen LogP contribution is 2.31. The van der Waals surface area contributed by atoms with E-state index in [4.69, 9.17) is 0 Å². The van der Waals surface area contributed by atoms with Crippen molar-refractivity contribution in [1.82, 2.24) is 15.3 Å². The second-order valence-corrected chi connectivity index (χ2v) is 7.10. The van der Waals surface area contributed by atoms with E-state index >= 15 is 0 Å². The summed E-state index contributed by atoms with van der Waals surface area (Å²) in [7, 11) is 1.83. The smallest absolute Gasteiger partial charge is 0.311 e. The van der Waals surface area contributed by atoms with Crippen molar-refractivity contribution < 1.29 is 9.31 Å². The van der Waals surface area contributed by atoms with E-state index < -0.39 is 11.2 Å². The fraction of sp³-hybridized carbons (Fsp3) is 0.238. The van der Waals surface area contributed by atoms with Crippen molar-refractivity contribution in [3.05, 3.63) is 71.0 Å². The second kappa shape index (κ2) is 8.92. The standard InChI is InChI=1S/C21H22FN7O2/c1-27(16-8-10-23-11-9-16)20-7-6-18(29(30)31)21(26-20)25-15-2-4-17(5-3-15)28-13-12-24-19(22)14-28/h2-11,19,24H,12-14H2,1H3,(H,25,26). The largest absolute Gasteiger partial charge is 0.366 e. The number of halogens is 1. The first kappa shape index (κ1) is 20.5. The lowest BCUT2D eigenvalue weighted by molar-refractivity contribution is -0.384. The van der Waals surface area contributed by atoms with E-state index in [2.05, 4.69) is 20.6 Å². The summed E-state index contributed by atoms with van der Waals surface area (Å²) in [4.78, 5) is 23.3. The monoisotopic (exact) mass is 423 g/mol. The van der Waals surface area contributed by atoms with Crippen molar-refractivity contribution in [2.45, 2.75) is 6.30 Å². The van der Waals surface area contributed by atoms with Gasteiger partial charge in [0.1, 0.15) is 5.82 Å². The Hall–Kier alpha value is -3.79. The van der Waals surface area contributed by atoms with Crippen LogP contribution in [0.5, 0.6) is 0 Å². The van der Waals surface area contributed by atoms with Gasteiger partial charge in [0.05, 0.1) is 11.5 Å². The Morgan fingerprint density at radius 1 is 1.19 bits per heavy atom. The van der Waals surface area contributed by atoms with Crippen LogP contribution in [0.3, 0.4) is 0 Å². The third-order valence-electron chi connectivity index (χ3n) is 5.07. The summed E-state index contributed by atoms with van der Waals surface area (Å²) in [6.07, 6.45) is 2.28. The first-order valence-corrected chi connectivity index (χ1v) is 9.80. The summed E-state index contributed by atoms with van der Waals surface area (Å²) in [6, 6.07) is 14.0. The molecule has 0 amide bonds. The summed E-state index contributed by atoms with van der Waals surface area (Å²) < 4.78 is 13.6. The third-order valence-corrected chi connectivity index (χ3v) is 5.07. The van der Waals surface area contributed by atoms with E-state index in [0.29, 0.717) is 24.6 Å². The first-order valence-electron chi connectivity index (χ1n) is 9.80. The number of benzene rings is 1. The Bertz CT molecular complexity index is 1050. The van der Waals surface area contributed by atoms with Crippen LogP contribution in [0.25, 0.3) is 0 Å². The topological polar surface area (TPSA) is 99.5 Å². The maximum Gasteiger partial charge on any atom is 0.311 e. The highest BCUT2D eigenvalue weighted by molar-refractivity contribution is 5.71. The van der Waals surface area contributed by atoms with E-state index in [1.165, 1.54) is 6.07 Å². The minimum atomic E-state index is -1.06. The minimum Gasteiger partial charge on any atom is -0.366 e. The molecule has 2 N–H and O–H groups in total. The van der Waals surface area contributed by atoms with Gasteiger partial charge in [-0.25, -0.2) is 9.37 Å². The summed E-state index contributed by atoms with van der Waals surface area (Å²) in [5, 5.41) is 17.3. The van der Waals surface area contributed by atoms with Gasteiger partial charge in [0, 0.05) is 55.7 Å². The second-order valence-electron chi connectivity index (χ2n) is 7.10. The fourth-order valence-corrected chi connectivity index (χ4v) is 3.40. The van der Waals surface area contributed by atoms with Gasteiger partial charge in [-0.2, -0.15) is 0 Å². The predicted molar refractivity (Wildman–Crippen MR) is 118 cm³/mol. The zero-order valence-electron chi connectivity index (χ0n) is 16.9. The van der Waals surface area contributed by atoms with Gasteiger partial charge in [0.25, 0.3) is 0 Å². The third kappa shape index (κ3) is 4.69. The molecule has 1 atom stereocenters. The zero-order chi connectivity index (χ0) is 21.8. The minimum absolute atomic E-state index is 0.127. The van der Waals surface area contributed by atoms with E-state index in [1.54, 1.807) is 30.6 Å². The lowest BCUT2D eigenvalue weighted by Crippen LogP contribution is -2.48. The highest BCUT2D eigenvalue weighted by atomic mass is 19.1. The van der Waals surface area contributed by atoms with Crippen molar-refractivity contribution in [3.63, 3.8) is 0 Å². The molecule has 0 saturated carbocycles. The summed E-state index contributed by atoms with van der Waals surface area (Å²) in [5.74, 6) is 0.688. The van der Waals surface area contributed by atoms with E-state index in [-0.39, 0.29) is 18.1 Å². The molecule has 1 aromatic carbocycles. The molecule has 1 saturated heterocycles. The Morgan fingerprint density at radius 3 is 2.61 bits per heavy atom. The average Bonchev–Trinajstić information content (AvgIpc) is 2.79. The molecule has 10 heteroatoms. The molecule has 9 nitrogen and oxygen atoms in total. The van der Waals surface area contributed by atoms with Gasteiger partial charge < -0.3 is 15.1 Å². The zero-order valence-corrected chi connectivity index (χ0v) is 16.9. The quantitative estimate of drug-likeness (QED) is 0.352. The Balaban J connectivity index is 1.57. The number of hydrogen-bond acceptors (Lipinski definition) is 8. The van der Waals surface area contributed by atoms with Crippen LogP contribution in [0.1, 0.15) is 0 Å². The lowest BCUT2D eigenvalue weighted by Gasteiger charge is -2.31. The van der Waals surface area contributed by atoms with Crippen molar-refractivity contribution in [3.8, 4) is 0 Å². The van der Waals surface area contributed by atoms with Crippen LogP contribution in [0, 0.1) is 10.1 Å². The molecule has 1 fully saturated rings. The number of nitrogens with one attached hydrogen (secondary N) is 2. The molecule has 0 bridgehead atoms. The predicted octanol–water partition coefficient (Wildman–Crippen LogP) is 3.60. The number of nitro groups is 1. The summed E-state index contributed by atoms with van der Waals surface area (Å²) in [5.41, 5.74) is 2.27. The van der Waals surface area contributed by atoms with Crippen LogP contribution >= 0.6 is 0 Å². The Morgan fingerprint density at radius 2 is 1.94 bits per heavy atom. The first-order chi connectivity index (χ1) is 15.0. The number of nitrogens with zero attached hydrogens (tertiary/aromatic N) is 5. The summed E-state index contributed by atoms with van der Waals surface area (Å²) in [6.45, 7) is 1.57. The number of aromatic nitrogens is 2. The van der Waals surface area contributed by atoms with Gasteiger partial charge in [-0.05, 0) is 42.5 Å². The van der Waals surface area contributed by atoms with Crippen molar-refractivity contribution in [1.29, 1.82) is 0 Å². The van der Waals surface area contributed by atoms with Gasteiger partial charge in [0.15, 0.2) is 6.30 Å². The molecule has 1 aliphatic rings. The molecule has 1 unspecified atom stereocenters. The normalized spacial score (nSPS) is 16.1. The average molecular weight is 423 g/mol. The summed E-state index contributed by atoms with van der Waals surface area (Å²) >= 11 is 0. The van der Waals surface area contributed by atoms with Crippen LogP contribution in [0.2, 0.25) is 0 Å². The van der Waals surface area contributed by atoms with Gasteiger partial charge in [-0.3, -0.25) is 20.4 Å². The number of anilines is 5. The van der Waals surface area contributed by atoms with E-state index in [0.717, 1.165) is 11.4 Å². The van der Waals surface area contributed by atoms with Crippen molar-refractivity contribution in [2.24, 2.45) is 0 Å². The van der Waals surface area contributed by atoms with Gasteiger partial charge in [-0.1, -0.05) is 0 Å². The Labute approximate surface area is 178 Å². The number of alkyl halides is 1. The fourth-order valence-electron chi connectivity index (χ4n) is 3.40. The van der Waals surface area contributed by atoms with Crippen molar-refractivity contribution >= 4 is 34.4 Å². The molecule has 4 rings (SSSR count). The lowest BCUT2D eigenvalue weighted by atomic mass is 10.2.